The molecule has 316 valence electrons. The molecule has 0 aliphatic carbocycles. The third-order valence-corrected chi connectivity index (χ3v) is 9.75. The highest BCUT2D eigenvalue weighted by atomic mass is 16.8. The van der Waals surface area contributed by atoms with Gasteiger partial charge in [0.05, 0.1) is 39.6 Å². The van der Waals surface area contributed by atoms with E-state index in [1.54, 1.807) is 20.1 Å². The molecule has 2 aliphatic rings. The van der Waals surface area contributed by atoms with E-state index < -0.39 is 67.4 Å². The van der Waals surface area contributed by atoms with E-state index in [0.717, 1.165) is 16.7 Å². The fourth-order valence-corrected chi connectivity index (χ4v) is 7.02. The Kier molecular flexibility index (Phi) is 18.9. The molecule has 0 unspecified atom stereocenters. The number of rotatable bonds is 24. The molecule has 0 radical (unpaired) electrons. The number of esters is 1. The summed E-state index contributed by atoms with van der Waals surface area (Å²) in [5, 5.41) is 0. The number of ether oxygens (including phenoxy) is 11. The van der Waals surface area contributed by atoms with Crippen LogP contribution in [-0.2, 0) is 81.5 Å². The molecule has 2 aliphatic heterocycles. The maximum Gasteiger partial charge on any atom is 0.303 e. The molecule has 0 saturated carbocycles. The van der Waals surface area contributed by atoms with Gasteiger partial charge in [0.15, 0.2) is 18.7 Å². The third-order valence-electron chi connectivity index (χ3n) is 9.75. The van der Waals surface area contributed by atoms with Gasteiger partial charge in [-0.2, -0.15) is 0 Å². The van der Waals surface area contributed by atoms with E-state index in [1.807, 2.05) is 91.0 Å². The van der Waals surface area contributed by atoms with Gasteiger partial charge >= 0.3 is 5.97 Å². The summed E-state index contributed by atoms with van der Waals surface area (Å²) in [5.74, 6) is -0.487. The number of carbonyl (C=O) groups is 2. The fourth-order valence-electron chi connectivity index (χ4n) is 7.02. The van der Waals surface area contributed by atoms with Crippen molar-refractivity contribution >= 4 is 11.8 Å². The van der Waals surface area contributed by atoms with E-state index in [2.05, 4.69) is 6.58 Å². The normalized spacial score (nSPS) is 27.2. The first-order chi connectivity index (χ1) is 28.3. The standard InChI is InChI=1S/C45H58O13/c1-6-24-53-44-43(55-32(3)47)41(49-5)39(37(56-44)30-51-27-34-20-12-8-13-21-34)58-45-42(54-28-35-22-14-9-15-23-35)40(48-4)38(52-25-16-17-31(2)46)36(57-45)29-50-26-33-18-10-7-11-19-33/h6-15,18-23,36-45H,1,16-17,24-30H2,2-5H3/t36-,37-,38-,39-,40+,41+,42-,43-,44-,45-/m1/s1. The van der Waals surface area contributed by atoms with Crippen molar-refractivity contribution in [3.8, 4) is 0 Å². The van der Waals surface area contributed by atoms with E-state index >= 15 is 0 Å². The molecule has 0 amide bonds. The number of carbonyl (C=O) groups excluding carboxylic acids is 2. The average Bonchev–Trinajstić information content (AvgIpc) is 3.23. The Bertz CT molecular complexity index is 1630. The molecule has 3 aromatic carbocycles. The lowest BCUT2D eigenvalue weighted by atomic mass is 9.96. The largest absolute Gasteiger partial charge is 0.454 e. The Balaban J connectivity index is 1.48. The zero-order chi connectivity index (χ0) is 41.1. The summed E-state index contributed by atoms with van der Waals surface area (Å²) in [6.45, 7) is 8.02. The smallest absolute Gasteiger partial charge is 0.303 e. The van der Waals surface area contributed by atoms with E-state index in [4.69, 9.17) is 52.1 Å². The monoisotopic (exact) mass is 806 g/mol. The van der Waals surface area contributed by atoms with Crippen molar-refractivity contribution in [3.05, 3.63) is 120 Å². The number of methoxy groups -OCH3 is 2. The van der Waals surface area contributed by atoms with Crippen molar-refractivity contribution in [2.24, 2.45) is 0 Å². The predicted molar refractivity (Wildman–Crippen MR) is 212 cm³/mol. The van der Waals surface area contributed by atoms with Crippen LogP contribution >= 0.6 is 0 Å². The summed E-state index contributed by atoms with van der Waals surface area (Å²) < 4.78 is 70.0. The zero-order valence-electron chi connectivity index (χ0n) is 33.9. The molecule has 5 rings (SSSR count). The Labute approximate surface area is 341 Å². The van der Waals surface area contributed by atoms with Crippen LogP contribution in [0.4, 0.5) is 0 Å². The SMILES string of the molecule is C=CCO[C@@H]1O[C@H](COCc2ccccc2)[C@@H](O[C@H]2O[C@H](COCc3ccccc3)[C@@H](OCCCC(C)=O)[C@H](OC)[C@H]2OCc2ccccc2)[C@H](OC)[C@H]1OC(C)=O. The molecular weight excluding hydrogens is 748 g/mol. The Hall–Kier alpha value is -3.86. The molecular formula is C45H58O13. The summed E-state index contributed by atoms with van der Waals surface area (Å²) in [7, 11) is 3.09. The van der Waals surface area contributed by atoms with Crippen LogP contribution in [0.2, 0.25) is 0 Å². The first-order valence-corrected chi connectivity index (χ1v) is 19.7. The van der Waals surface area contributed by atoms with Gasteiger partial charge in [-0.1, -0.05) is 97.1 Å². The minimum absolute atomic E-state index is 0.0572. The second-order valence-electron chi connectivity index (χ2n) is 14.2. The van der Waals surface area contributed by atoms with Crippen molar-refractivity contribution in [1.29, 1.82) is 0 Å². The Morgan fingerprint density at radius 1 is 0.621 bits per heavy atom. The van der Waals surface area contributed by atoms with Crippen molar-refractivity contribution in [1.82, 2.24) is 0 Å². The van der Waals surface area contributed by atoms with Crippen LogP contribution in [0.15, 0.2) is 104 Å². The van der Waals surface area contributed by atoms with Crippen molar-refractivity contribution in [2.75, 3.05) is 40.6 Å². The minimum atomic E-state index is -1.11. The van der Waals surface area contributed by atoms with Crippen LogP contribution in [-0.4, -0.2) is 114 Å². The van der Waals surface area contributed by atoms with Crippen LogP contribution < -0.4 is 0 Å². The molecule has 58 heavy (non-hydrogen) atoms. The molecule has 2 fully saturated rings. The summed E-state index contributed by atoms with van der Waals surface area (Å²) in [5.41, 5.74) is 2.88. The van der Waals surface area contributed by atoms with Gasteiger partial charge in [-0.05, 0) is 30.0 Å². The van der Waals surface area contributed by atoms with Crippen LogP contribution in [0.5, 0.6) is 0 Å². The number of benzene rings is 3. The molecule has 0 N–H and O–H groups in total. The minimum Gasteiger partial charge on any atom is -0.454 e. The van der Waals surface area contributed by atoms with Gasteiger partial charge in [-0.15, -0.1) is 6.58 Å². The highest BCUT2D eigenvalue weighted by Gasteiger charge is 2.54. The fraction of sp³-hybridized carbons (Fsp3) is 0.511. The molecule has 2 saturated heterocycles. The zero-order valence-corrected chi connectivity index (χ0v) is 33.9. The number of ketones is 1. The molecule has 0 aromatic heterocycles. The maximum absolute atomic E-state index is 12.5. The maximum atomic E-state index is 12.5. The molecule has 13 nitrogen and oxygen atoms in total. The van der Waals surface area contributed by atoms with Crippen LogP contribution in [0.1, 0.15) is 43.4 Å². The molecule has 2 heterocycles. The highest BCUT2D eigenvalue weighted by molar-refractivity contribution is 5.75. The summed E-state index contributed by atoms with van der Waals surface area (Å²) >= 11 is 0. The van der Waals surface area contributed by atoms with Crippen molar-refractivity contribution in [3.63, 3.8) is 0 Å². The van der Waals surface area contributed by atoms with Crippen LogP contribution in [0.25, 0.3) is 0 Å². The first-order valence-electron chi connectivity index (χ1n) is 19.7. The topological polar surface area (TPSA) is 136 Å². The number of Topliss-reactive ketones (excluding diaryl/α,β-unsaturated/α-hetero) is 1. The van der Waals surface area contributed by atoms with Crippen molar-refractivity contribution < 1.29 is 61.7 Å². The highest BCUT2D eigenvalue weighted by Crippen LogP contribution is 2.35. The van der Waals surface area contributed by atoms with Gasteiger partial charge in [0, 0.05) is 34.2 Å². The predicted octanol–water partition coefficient (Wildman–Crippen LogP) is 5.76. The van der Waals surface area contributed by atoms with Gasteiger partial charge in [-0.3, -0.25) is 4.79 Å². The van der Waals surface area contributed by atoms with Gasteiger partial charge in [0.2, 0.25) is 0 Å². The summed E-state index contributed by atoms with van der Waals surface area (Å²) in [6, 6.07) is 29.3. The van der Waals surface area contributed by atoms with Crippen LogP contribution in [0, 0.1) is 0 Å². The van der Waals surface area contributed by atoms with Crippen LogP contribution in [0.3, 0.4) is 0 Å². The number of hydrogen-bond donors (Lipinski definition) is 0. The lowest BCUT2D eigenvalue weighted by Crippen LogP contribution is -2.66. The lowest BCUT2D eigenvalue weighted by molar-refractivity contribution is -0.370. The second kappa shape index (κ2) is 24.3. The second-order valence-corrected chi connectivity index (χ2v) is 14.2. The third kappa shape index (κ3) is 13.6. The molecule has 3 aromatic rings. The Morgan fingerprint density at radius 2 is 1.14 bits per heavy atom. The van der Waals surface area contributed by atoms with E-state index in [1.165, 1.54) is 14.0 Å². The first kappa shape index (κ1) is 45.2. The average molecular weight is 807 g/mol. The van der Waals surface area contributed by atoms with E-state index in [9.17, 15) is 9.59 Å². The Morgan fingerprint density at radius 3 is 1.66 bits per heavy atom. The molecule has 0 spiro atoms. The van der Waals surface area contributed by atoms with Gasteiger partial charge in [-0.25, -0.2) is 0 Å². The van der Waals surface area contributed by atoms with E-state index in [0.29, 0.717) is 26.1 Å². The molecule has 0 bridgehead atoms. The molecule has 13 heteroatoms. The van der Waals surface area contributed by atoms with Crippen molar-refractivity contribution in [2.45, 2.75) is 108 Å². The van der Waals surface area contributed by atoms with E-state index in [-0.39, 0.29) is 38.8 Å². The van der Waals surface area contributed by atoms with Gasteiger partial charge < -0.3 is 56.9 Å². The summed E-state index contributed by atoms with van der Waals surface area (Å²) in [4.78, 5) is 24.3. The quantitative estimate of drug-likeness (QED) is 0.0618. The molecule has 10 atom stereocenters. The van der Waals surface area contributed by atoms with Gasteiger partial charge in [0.25, 0.3) is 0 Å². The van der Waals surface area contributed by atoms with Gasteiger partial charge in [0.1, 0.15) is 48.5 Å². The summed E-state index contributed by atoms with van der Waals surface area (Å²) in [6.07, 6.45) is -6.35. The lowest BCUT2D eigenvalue weighted by Gasteiger charge is -2.49. The number of hydrogen-bond acceptors (Lipinski definition) is 13.